The monoisotopic (exact) mass is 209 g/mol. The lowest BCUT2D eigenvalue weighted by Gasteiger charge is -2.09. The Hall–Kier alpha value is -1.25. The number of hydrogen-bond donors (Lipinski definition) is 0. The van der Waals surface area contributed by atoms with Crippen molar-refractivity contribution in [1.29, 1.82) is 0 Å². The molecule has 0 aromatic carbocycles. The average molecular weight is 209 g/mol. The number of unbranched alkanes of at least 4 members (excludes halogenated alkanes) is 1. The van der Waals surface area contributed by atoms with E-state index < -0.39 is 5.95 Å². The molecule has 1 heterocycles. The summed E-state index contributed by atoms with van der Waals surface area (Å²) < 4.78 is 13.2. The SMILES string of the molecule is CCCCC(C)C(=O)c1cccnc1F. The van der Waals surface area contributed by atoms with E-state index in [2.05, 4.69) is 11.9 Å². The second-order valence-electron chi connectivity index (χ2n) is 3.75. The van der Waals surface area contributed by atoms with E-state index in [9.17, 15) is 9.18 Å². The molecule has 1 rings (SSSR count). The fraction of sp³-hybridized carbons (Fsp3) is 0.500. The van der Waals surface area contributed by atoms with Crippen LogP contribution < -0.4 is 0 Å². The molecule has 0 saturated heterocycles. The molecule has 0 radical (unpaired) electrons. The van der Waals surface area contributed by atoms with E-state index >= 15 is 0 Å². The van der Waals surface area contributed by atoms with Gasteiger partial charge in [0.25, 0.3) is 0 Å². The van der Waals surface area contributed by atoms with Crippen molar-refractivity contribution >= 4 is 5.78 Å². The Morgan fingerprint density at radius 1 is 1.60 bits per heavy atom. The molecule has 0 fully saturated rings. The highest BCUT2D eigenvalue weighted by atomic mass is 19.1. The largest absolute Gasteiger partial charge is 0.294 e. The second-order valence-corrected chi connectivity index (χ2v) is 3.75. The summed E-state index contributed by atoms with van der Waals surface area (Å²) >= 11 is 0. The lowest BCUT2D eigenvalue weighted by atomic mass is 9.95. The molecule has 0 amide bonds. The normalized spacial score (nSPS) is 12.5. The van der Waals surface area contributed by atoms with Crippen LogP contribution in [0.5, 0.6) is 0 Å². The van der Waals surface area contributed by atoms with Crippen LogP contribution in [0.15, 0.2) is 18.3 Å². The second kappa shape index (κ2) is 5.59. The zero-order valence-electron chi connectivity index (χ0n) is 9.16. The van der Waals surface area contributed by atoms with E-state index in [0.717, 1.165) is 19.3 Å². The van der Waals surface area contributed by atoms with Gasteiger partial charge in [-0.3, -0.25) is 4.79 Å². The Kier molecular flexibility index (Phi) is 4.40. The van der Waals surface area contributed by atoms with Crippen LogP contribution in [-0.2, 0) is 0 Å². The maximum absolute atomic E-state index is 13.2. The molecule has 0 saturated carbocycles. The van der Waals surface area contributed by atoms with E-state index in [1.54, 1.807) is 6.07 Å². The highest BCUT2D eigenvalue weighted by molar-refractivity contribution is 5.97. The van der Waals surface area contributed by atoms with Gasteiger partial charge in [0.05, 0.1) is 5.56 Å². The van der Waals surface area contributed by atoms with E-state index in [4.69, 9.17) is 0 Å². The first-order chi connectivity index (χ1) is 7.16. The van der Waals surface area contributed by atoms with Gasteiger partial charge >= 0.3 is 0 Å². The first-order valence-corrected chi connectivity index (χ1v) is 5.31. The van der Waals surface area contributed by atoms with E-state index in [-0.39, 0.29) is 17.3 Å². The van der Waals surface area contributed by atoms with Crippen LogP contribution in [0.25, 0.3) is 0 Å². The fourth-order valence-electron chi connectivity index (χ4n) is 1.48. The first kappa shape index (κ1) is 11.8. The topological polar surface area (TPSA) is 30.0 Å². The van der Waals surface area contributed by atoms with E-state index in [1.807, 2.05) is 6.92 Å². The van der Waals surface area contributed by atoms with Gasteiger partial charge in [-0.1, -0.05) is 26.7 Å². The van der Waals surface area contributed by atoms with Gasteiger partial charge in [-0.15, -0.1) is 0 Å². The Bertz CT molecular complexity index is 338. The van der Waals surface area contributed by atoms with Crippen molar-refractivity contribution in [2.24, 2.45) is 5.92 Å². The molecule has 1 unspecified atom stereocenters. The van der Waals surface area contributed by atoms with Crippen molar-refractivity contribution in [3.8, 4) is 0 Å². The number of Topliss-reactive ketones (excluding diaryl/α,β-unsaturated/α-hetero) is 1. The van der Waals surface area contributed by atoms with Gasteiger partial charge in [0.1, 0.15) is 0 Å². The van der Waals surface area contributed by atoms with Gasteiger partial charge in [0.15, 0.2) is 5.78 Å². The third-order valence-corrected chi connectivity index (χ3v) is 2.46. The predicted molar refractivity (Wildman–Crippen MR) is 57.2 cm³/mol. The zero-order chi connectivity index (χ0) is 11.3. The van der Waals surface area contributed by atoms with Crippen LogP contribution in [0.1, 0.15) is 43.5 Å². The predicted octanol–water partition coefficient (Wildman–Crippen LogP) is 3.23. The van der Waals surface area contributed by atoms with Crippen LogP contribution in [0, 0.1) is 11.9 Å². The Morgan fingerprint density at radius 3 is 2.93 bits per heavy atom. The van der Waals surface area contributed by atoms with Crippen molar-refractivity contribution in [2.45, 2.75) is 33.1 Å². The number of rotatable bonds is 5. The number of hydrogen-bond acceptors (Lipinski definition) is 2. The smallest absolute Gasteiger partial charge is 0.223 e. The van der Waals surface area contributed by atoms with Crippen LogP contribution >= 0.6 is 0 Å². The van der Waals surface area contributed by atoms with E-state index in [1.165, 1.54) is 12.3 Å². The molecule has 1 atom stereocenters. The Labute approximate surface area is 89.5 Å². The minimum absolute atomic E-state index is 0.112. The molecule has 1 aromatic rings. The van der Waals surface area contributed by atoms with E-state index in [0.29, 0.717) is 0 Å². The molecule has 0 spiro atoms. The quantitative estimate of drug-likeness (QED) is 0.550. The van der Waals surface area contributed by atoms with Crippen LogP contribution in [0.2, 0.25) is 0 Å². The van der Waals surface area contributed by atoms with Crippen molar-refractivity contribution < 1.29 is 9.18 Å². The standard InChI is InChI=1S/C12H16FNO/c1-3-4-6-9(2)11(15)10-7-5-8-14-12(10)13/h5,7-9H,3-4,6H2,1-2H3. The van der Waals surface area contributed by atoms with Crippen LogP contribution in [-0.4, -0.2) is 10.8 Å². The molecule has 3 heteroatoms. The van der Waals surface area contributed by atoms with Crippen LogP contribution in [0.4, 0.5) is 4.39 Å². The summed E-state index contributed by atoms with van der Waals surface area (Å²) in [7, 11) is 0. The molecule has 1 aromatic heterocycles. The molecule has 15 heavy (non-hydrogen) atoms. The molecule has 0 aliphatic rings. The minimum atomic E-state index is -0.661. The Morgan fingerprint density at radius 2 is 2.33 bits per heavy atom. The van der Waals surface area contributed by atoms with Gasteiger partial charge < -0.3 is 0 Å². The minimum Gasteiger partial charge on any atom is -0.294 e. The number of ketones is 1. The number of halogens is 1. The molecular formula is C12H16FNO. The third kappa shape index (κ3) is 3.11. The van der Waals surface area contributed by atoms with Crippen molar-refractivity contribution in [3.05, 3.63) is 29.8 Å². The summed E-state index contributed by atoms with van der Waals surface area (Å²) in [5.74, 6) is -0.927. The van der Waals surface area contributed by atoms with Gasteiger partial charge in [-0.05, 0) is 18.6 Å². The van der Waals surface area contributed by atoms with Crippen molar-refractivity contribution in [3.63, 3.8) is 0 Å². The summed E-state index contributed by atoms with van der Waals surface area (Å²) in [5.41, 5.74) is 0.112. The fourth-order valence-corrected chi connectivity index (χ4v) is 1.48. The van der Waals surface area contributed by atoms with Gasteiger partial charge in [0.2, 0.25) is 5.95 Å². The number of pyridine rings is 1. The summed E-state index contributed by atoms with van der Waals surface area (Å²) in [6, 6.07) is 3.08. The lowest BCUT2D eigenvalue weighted by molar-refractivity contribution is 0.0917. The molecule has 0 bridgehead atoms. The number of aromatic nitrogens is 1. The molecule has 82 valence electrons. The zero-order valence-corrected chi connectivity index (χ0v) is 9.16. The highest BCUT2D eigenvalue weighted by Crippen LogP contribution is 2.15. The third-order valence-electron chi connectivity index (χ3n) is 2.46. The number of carbonyl (C=O) groups is 1. The average Bonchev–Trinajstić information content (AvgIpc) is 2.25. The van der Waals surface area contributed by atoms with Gasteiger partial charge in [-0.25, -0.2) is 4.98 Å². The van der Waals surface area contributed by atoms with Crippen molar-refractivity contribution in [1.82, 2.24) is 4.98 Å². The van der Waals surface area contributed by atoms with Crippen molar-refractivity contribution in [2.75, 3.05) is 0 Å². The van der Waals surface area contributed by atoms with Gasteiger partial charge in [-0.2, -0.15) is 4.39 Å². The highest BCUT2D eigenvalue weighted by Gasteiger charge is 2.18. The first-order valence-electron chi connectivity index (χ1n) is 5.31. The maximum Gasteiger partial charge on any atom is 0.223 e. The van der Waals surface area contributed by atoms with Gasteiger partial charge in [0, 0.05) is 12.1 Å². The number of carbonyl (C=O) groups excluding carboxylic acids is 1. The molecule has 0 aliphatic carbocycles. The lowest BCUT2D eigenvalue weighted by Crippen LogP contribution is -2.13. The molecular weight excluding hydrogens is 193 g/mol. The maximum atomic E-state index is 13.2. The summed E-state index contributed by atoms with van der Waals surface area (Å²) in [6.45, 7) is 3.91. The number of nitrogens with zero attached hydrogens (tertiary/aromatic N) is 1. The summed E-state index contributed by atoms with van der Waals surface area (Å²) in [4.78, 5) is 15.3. The molecule has 2 nitrogen and oxygen atoms in total. The molecule has 0 N–H and O–H groups in total. The molecule has 0 aliphatic heterocycles. The summed E-state index contributed by atoms with van der Waals surface area (Å²) in [6.07, 6.45) is 4.20. The Balaban J connectivity index is 2.72. The summed E-state index contributed by atoms with van der Waals surface area (Å²) in [5, 5.41) is 0. The van der Waals surface area contributed by atoms with Crippen LogP contribution in [0.3, 0.4) is 0 Å².